The highest BCUT2D eigenvalue weighted by molar-refractivity contribution is 5.66. The van der Waals surface area contributed by atoms with Gasteiger partial charge in [-0.1, -0.05) is 6.07 Å². The molecule has 0 bridgehead atoms. The molecule has 1 rings (SSSR count). The largest absolute Gasteiger partial charge is 1.00 e. The number of hydrogen-bond acceptors (Lipinski definition) is 2. The lowest BCUT2D eigenvalue weighted by Crippen LogP contribution is -3.00. The van der Waals surface area contributed by atoms with Crippen LogP contribution in [-0.2, 0) is 0 Å². The summed E-state index contributed by atoms with van der Waals surface area (Å²) in [5.41, 5.74) is 8.97. The van der Waals surface area contributed by atoms with E-state index in [0.29, 0.717) is 0 Å². The van der Waals surface area contributed by atoms with E-state index in [2.05, 4.69) is 32.5 Å². The van der Waals surface area contributed by atoms with Crippen LogP contribution >= 0.6 is 0 Å². The van der Waals surface area contributed by atoms with Crippen molar-refractivity contribution >= 4 is 11.4 Å². The fourth-order valence-electron chi connectivity index (χ4n) is 1.37. The van der Waals surface area contributed by atoms with Crippen LogP contribution in [0.4, 0.5) is 11.4 Å². The van der Waals surface area contributed by atoms with Crippen molar-refractivity contribution in [3.63, 3.8) is 0 Å². The molecule has 1 aromatic carbocycles. The molecule has 0 fully saturated rings. The number of nitrogens with one attached hydrogen (secondary N) is 1. The Labute approximate surface area is 105 Å². The second kappa shape index (κ2) is 5.97. The number of anilines is 2. The molecule has 0 heterocycles. The predicted molar refractivity (Wildman–Crippen MR) is 67.0 cm³/mol. The fourth-order valence-corrected chi connectivity index (χ4v) is 1.37. The van der Waals surface area contributed by atoms with Crippen molar-refractivity contribution in [1.82, 2.24) is 0 Å². The summed E-state index contributed by atoms with van der Waals surface area (Å²) in [6.07, 6.45) is 0. The number of benzene rings is 1. The maximum absolute atomic E-state index is 5.90. The Kier molecular flexibility index (Phi) is 5.62. The van der Waals surface area contributed by atoms with Crippen LogP contribution in [0.25, 0.3) is 0 Å². The average molecular weight is 244 g/mol. The Bertz CT molecular complexity index is 332. The Morgan fingerprint density at radius 1 is 1.25 bits per heavy atom. The summed E-state index contributed by atoms with van der Waals surface area (Å²) in [5.74, 6) is 0. The van der Waals surface area contributed by atoms with E-state index in [1.165, 1.54) is 5.56 Å². The third-order valence-corrected chi connectivity index (χ3v) is 2.31. The lowest BCUT2D eigenvalue weighted by atomic mass is 10.2. The molecule has 0 saturated carbocycles. The van der Waals surface area contributed by atoms with Gasteiger partial charge in [0, 0.05) is 0 Å². The number of likely N-dealkylation sites (N-methyl/N-ethyl adjacent to an activating group) is 1. The van der Waals surface area contributed by atoms with Crippen LogP contribution in [0.2, 0.25) is 0 Å². The van der Waals surface area contributed by atoms with E-state index >= 15 is 0 Å². The van der Waals surface area contributed by atoms with Gasteiger partial charge in [-0.3, -0.25) is 0 Å². The van der Waals surface area contributed by atoms with E-state index < -0.39 is 0 Å². The molecule has 4 heteroatoms. The van der Waals surface area contributed by atoms with E-state index in [0.717, 1.165) is 28.9 Å². The number of halogens is 1. The molecule has 0 aromatic heterocycles. The first-order valence-electron chi connectivity index (χ1n) is 5.29. The molecular formula is C12H22ClN3. The fraction of sp³-hybridized carbons (Fsp3) is 0.500. The third kappa shape index (κ3) is 5.24. The van der Waals surface area contributed by atoms with Crippen LogP contribution in [0.5, 0.6) is 0 Å². The summed E-state index contributed by atoms with van der Waals surface area (Å²) in [4.78, 5) is 0. The van der Waals surface area contributed by atoms with E-state index in [-0.39, 0.29) is 12.4 Å². The van der Waals surface area contributed by atoms with Gasteiger partial charge in [-0.15, -0.1) is 0 Å². The van der Waals surface area contributed by atoms with Crippen molar-refractivity contribution in [2.75, 3.05) is 45.3 Å². The molecule has 0 atom stereocenters. The zero-order valence-electron chi connectivity index (χ0n) is 10.5. The minimum absolute atomic E-state index is 0. The number of aryl methyl sites for hydroxylation is 1. The molecule has 0 unspecified atom stereocenters. The SMILES string of the molecule is Cc1ccc(NCC[N+](C)(C)C)c(N)c1.[Cl-]. The van der Waals surface area contributed by atoms with Crippen molar-refractivity contribution in [3.05, 3.63) is 23.8 Å². The Balaban J connectivity index is 0.00000225. The molecule has 0 spiro atoms. The van der Waals surface area contributed by atoms with Gasteiger partial charge in [0.2, 0.25) is 0 Å². The zero-order valence-corrected chi connectivity index (χ0v) is 11.3. The number of nitrogens with zero attached hydrogens (tertiary/aromatic N) is 1. The average Bonchev–Trinajstić information content (AvgIpc) is 2.07. The van der Waals surface area contributed by atoms with Crippen LogP contribution in [0.15, 0.2) is 18.2 Å². The van der Waals surface area contributed by atoms with Gasteiger partial charge in [-0.2, -0.15) is 0 Å². The molecule has 1 aromatic rings. The minimum atomic E-state index is 0. The molecule has 0 aliphatic heterocycles. The molecule has 0 saturated heterocycles. The van der Waals surface area contributed by atoms with Crippen molar-refractivity contribution in [2.24, 2.45) is 0 Å². The Morgan fingerprint density at radius 2 is 1.88 bits per heavy atom. The summed E-state index contributed by atoms with van der Waals surface area (Å²) in [6.45, 7) is 4.07. The van der Waals surface area contributed by atoms with Gasteiger partial charge in [0.15, 0.2) is 0 Å². The van der Waals surface area contributed by atoms with Gasteiger partial charge < -0.3 is 27.9 Å². The number of quaternary nitrogens is 1. The van der Waals surface area contributed by atoms with Gasteiger partial charge in [0.05, 0.1) is 45.6 Å². The molecule has 0 amide bonds. The molecule has 0 radical (unpaired) electrons. The Hall–Kier alpha value is -0.930. The number of nitrogens with two attached hydrogens (primary N) is 1. The highest BCUT2D eigenvalue weighted by Gasteiger charge is 2.06. The van der Waals surface area contributed by atoms with E-state index in [4.69, 9.17) is 5.73 Å². The van der Waals surface area contributed by atoms with Crippen LogP contribution < -0.4 is 23.5 Å². The summed E-state index contributed by atoms with van der Waals surface area (Å²) in [5, 5.41) is 3.36. The van der Waals surface area contributed by atoms with E-state index in [1.807, 2.05) is 19.1 Å². The van der Waals surface area contributed by atoms with Gasteiger partial charge in [-0.05, 0) is 24.6 Å². The van der Waals surface area contributed by atoms with Crippen molar-refractivity contribution in [3.8, 4) is 0 Å². The highest BCUT2D eigenvalue weighted by Crippen LogP contribution is 2.18. The van der Waals surface area contributed by atoms with Crippen molar-refractivity contribution < 1.29 is 16.9 Å². The summed E-state index contributed by atoms with van der Waals surface area (Å²) in [7, 11) is 6.54. The number of rotatable bonds is 4. The number of hydrogen-bond donors (Lipinski definition) is 2. The molecule has 3 nitrogen and oxygen atoms in total. The second-order valence-corrected chi connectivity index (χ2v) is 5.03. The maximum atomic E-state index is 5.90. The zero-order chi connectivity index (χ0) is 11.5. The highest BCUT2D eigenvalue weighted by atomic mass is 35.5. The van der Waals surface area contributed by atoms with Crippen LogP contribution in [0.3, 0.4) is 0 Å². The van der Waals surface area contributed by atoms with E-state index in [9.17, 15) is 0 Å². The Morgan fingerprint density at radius 3 is 2.38 bits per heavy atom. The first-order chi connectivity index (χ1) is 6.88. The molecule has 16 heavy (non-hydrogen) atoms. The van der Waals surface area contributed by atoms with Crippen LogP contribution in [-0.4, -0.2) is 38.7 Å². The summed E-state index contributed by atoms with van der Waals surface area (Å²) >= 11 is 0. The van der Waals surface area contributed by atoms with E-state index in [1.54, 1.807) is 0 Å². The number of nitrogen functional groups attached to an aromatic ring is 1. The van der Waals surface area contributed by atoms with Crippen molar-refractivity contribution in [2.45, 2.75) is 6.92 Å². The van der Waals surface area contributed by atoms with Gasteiger partial charge in [-0.25, -0.2) is 0 Å². The molecule has 3 N–H and O–H groups in total. The minimum Gasteiger partial charge on any atom is -1.00 e. The maximum Gasteiger partial charge on any atom is 0.0955 e. The van der Waals surface area contributed by atoms with Gasteiger partial charge in [0.1, 0.15) is 0 Å². The normalized spacial score (nSPS) is 10.8. The van der Waals surface area contributed by atoms with Gasteiger partial charge >= 0.3 is 0 Å². The monoisotopic (exact) mass is 243 g/mol. The standard InChI is InChI=1S/C12H22N3.ClH/c1-10-5-6-12(11(13)9-10)14-7-8-15(2,3)4;/h5-6,9,14H,7-8,13H2,1-4H3;1H/q+1;/p-1. The summed E-state index contributed by atoms with van der Waals surface area (Å²) < 4.78 is 0.957. The lowest BCUT2D eigenvalue weighted by molar-refractivity contribution is -0.868. The third-order valence-electron chi connectivity index (χ3n) is 2.31. The first kappa shape index (κ1) is 15.1. The van der Waals surface area contributed by atoms with Crippen LogP contribution in [0.1, 0.15) is 5.56 Å². The van der Waals surface area contributed by atoms with Crippen molar-refractivity contribution in [1.29, 1.82) is 0 Å². The lowest BCUT2D eigenvalue weighted by Gasteiger charge is -2.24. The predicted octanol–water partition coefficient (Wildman–Crippen LogP) is -1.30. The molecule has 0 aliphatic rings. The summed E-state index contributed by atoms with van der Waals surface area (Å²) in [6, 6.07) is 6.11. The topological polar surface area (TPSA) is 38.0 Å². The smallest absolute Gasteiger partial charge is 0.0955 e. The molecule has 0 aliphatic carbocycles. The molecule has 92 valence electrons. The molecular weight excluding hydrogens is 222 g/mol. The van der Waals surface area contributed by atoms with Gasteiger partial charge in [0.25, 0.3) is 0 Å². The quantitative estimate of drug-likeness (QED) is 0.510. The second-order valence-electron chi connectivity index (χ2n) is 5.03. The van der Waals surface area contributed by atoms with Crippen LogP contribution in [0, 0.1) is 6.92 Å². The first-order valence-corrected chi connectivity index (χ1v) is 5.29.